The molecule has 1 unspecified atom stereocenters. The third-order valence-electron chi connectivity index (χ3n) is 3.85. The molecule has 2 rings (SSSR count). The number of aryl methyl sites for hydroxylation is 1. The molecule has 1 aliphatic rings. The Morgan fingerprint density at radius 2 is 2.19 bits per heavy atom. The van der Waals surface area contributed by atoms with Crippen molar-refractivity contribution < 1.29 is 19.8 Å². The number of carbonyl (C=O) groups is 2. The monoisotopic (exact) mass is 292 g/mol. The molecule has 0 saturated carbocycles. The normalized spacial score (nSPS) is 17.8. The minimum atomic E-state index is -1.06. The maximum Gasteiger partial charge on any atom is 0.337 e. The van der Waals surface area contributed by atoms with Gasteiger partial charge in [-0.2, -0.15) is 0 Å². The maximum absolute atomic E-state index is 12.3. The lowest BCUT2D eigenvalue weighted by Crippen LogP contribution is -2.33. The van der Waals surface area contributed by atoms with E-state index in [1.807, 2.05) is 0 Å². The molecule has 1 atom stereocenters. The van der Waals surface area contributed by atoms with Gasteiger partial charge in [-0.05, 0) is 37.3 Å². The molecule has 21 heavy (non-hydrogen) atoms. The van der Waals surface area contributed by atoms with Gasteiger partial charge in [0.15, 0.2) is 0 Å². The summed E-state index contributed by atoms with van der Waals surface area (Å²) < 4.78 is 0. The Morgan fingerprint density at radius 1 is 1.43 bits per heavy atom. The number of anilines is 1. The van der Waals surface area contributed by atoms with E-state index < -0.39 is 5.97 Å². The first-order valence-electron chi connectivity index (χ1n) is 7.02. The fraction of sp³-hybridized carbons (Fsp3) is 0.467. The van der Waals surface area contributed by atoms with Crippen LogP contribution < -0.4 is 5.32 Å². The molecule has 3 N–H and O–H groups in total. The number of aliphatic hydroxyl groups excluding tert-OH is 1. The van der Waals surface area contributed by atoms with Crippen molar-refractivity contribution >= 4 is 17.7 Å². The number of likely N-dealkylation sites (tertiary alicyclic amines) is 1. The molecule has 0 aromatic heterocycles. The van der Waals surface area contributed by atoms with E-state index in [2.05, 4.69) is 5.32 Å². The van der Waals surface area contributed by atoms with Gasteiger partial charge in [0.05, 0.1) is 11.3 Å². The molecular formula is C15H20N2O4. The molecule has 0 radical (unpaired) electrons. The van der Waals surface area contributed by atoms with Crippen molar-refractivity contribution in [2.24, 2.45) is 5.92 Å². The molecule has 2 amide bonds. The second kappa shape index (κ2) is 6.58. The van der Waals surface area contributed by atoms with Crippen LogP contribution in [0.3, 0.4) is 0 Å². The molecular weight excluding hydrogens is 272 g/mol. The van der Waals surface area contributed by atoms with Crippen molar-refractivity contribution in [3.8, 4) is 0 Å². The van der Waals surface area contributed by atoms with Gasteiger partial charge < -0.3 is 20.4 Å². The van der Waals surface area contributed by atoms with Crippen molar-refractivity contribution in [1.82, 2.24) is 4.90 Å². The summed E-state index contributed by atoms with van der Waals surface area (Å²) in [6, 6.07) is 4.61. The lowest BCUT2D eigenvalue weighted by Gasteiger charge is -2.19. The number of carboxylic acid groups (broad SMARTS) is 1. The van der Waals surface area contributed by atoms with E-state index in [1.54, 1.807) is 24.0 Å². The van der Waals surface area contributed by atoms with Gasteiger partial charge in [-0.1, -0.05) is 12.1 Å². The lowest BCUT2D eigenvalue weighted by molar-refractivity contribution is 0.0698. The number of hydrogen-bond donors (Lipinski definition) is 3. The molecule has 0 spiro atoms. The first-order chi connectivity index (χ1) is 10.0. The van der Waals surface area contributed by atoms with Gasteiger partial charge in [0.25, 0.3) is 0 Å². The second-order valence-electron chi connectivity index (χ2n) is 5.35. The second-order valence-corrected chi connectivity index (χ2v) is 5.35. The van der Waals surface area contributed by atoms with E-state index in [9.17, 15) is 14.7 Å². The van der Waals surface area contributed by atoms with E-state index in [1.165, 1.54) is 6.07 Å². The molecule has 0 bridgehead atoms. The van der Waals surface area contributed by atoms with Crippen LogP contribution in [-0.2, 0) is 0 Å². The number of amides is 2. The van der Waals surface area contributed by atoms with Crippen LogP contribution in [0.4, 0.5) is 10.5 Å². The first-order valence-corrected chi connectivity index (χ1v) is 7.02. The number of carbonyl (C=O) groups excluding carboxylic acids is 1. The number of rotatable bonds is 4. The van der Waals surface area contributed by atoms with Gasteiger partial charge in [-0.3, -0.25) is 0 Å². The van der Waals surface area contributed by atoms with Crippen molar-refractivity contribution in [3.05, 3.63) is 29.3 Å². The zero-order chi connectivity index (χ0) is 15.4. The quantitative estimate of drug-likeness (QED) is 0.791. The Kier molecular flexibility index (Phi) is 4.80. The number of para-hydroxylation sites is 1. The van der Waals surface area contributed by atoms with Gasteiger partial charge in [0, 0.05) is 19.7 Å². The molecule has 114 valence electrons. The Balaban J connectivity index is 2.09. The molecule has 1 aromatic carbocycles. The molecule has 6 nitrogen and oxygen atoms in total. The van der Waals surface area contributed by atoms with Crippen LogP contribution in [0.5, 0.6) is 0 Å². The van der Waals surface area contributed by atoms with E-state index in [0.717, 1.165) is 6.42 Å². The number of aromatic carboxylic acids is 1. The summed E-state index contributed by atoms with van der Waals surface area (Å²) >= 11 is 0. The summed E-state index contributed by atoms with van der Waals surface area (Å²) in [6.07, 6.45) is 1.56. The van der Waals surface area contributed by atoms with Crippen molar-refractivity contribution in [2.45, 2.75) is 19.8 Å². The fourth-order valence-corrected chi connectivity index (χ4v) is 2.63. The Morgan fingerprint density at radius 3 is 2.86 bits per heavy atom. The molecule has 1 heterocycles. The van der Waals surface area contributed by atoms with Crippen LogP contribution in [0, 0.1) is 12.8 Å². The zero-order valence-electron chi connectivity index (χ0n) is 12.0. The van der Waals surface area contributed by atoms with Gasteiger partial charge >= 0.3 is 12.0 Å². The maximum atomic E-state index is 12.3. The summed E-state index contributed by atoms with van der Waals surface area (Å²) in [5, 5.41) is 20.8. The zero-order valence-corrected chi connectivity index (χ0v) is 12.0. The average Bonchev–Trinajstić information content (AvgIpc) is 2.90. The van der Waals surface area contributed by atoms with E-state index in [4.69, 9.17) is 5.11 Å². The Bertz CT molecular complexity index is 544. The minimum absolute atomic E-state index is 0.0921. The van der Waals surface area contributed by atoms with Crippen molar-refractivity contribution in [3.63, 3.8) is 0 Å². The third kappa shape index (κ3) is 3.52. The number of aliphatic hydroxyl groups is 1. The summed E-state index contributed by atoms with van der Waals surface area (Å²) in [6.45, 7) is 3.12. The van der Waals surface area contributed by atoms with Crippen LogP contribution in [0.2, 0.25) is 0 Å². The van der Waals surface area contributed by atoms with Crippen LogP contribution in [-0.4, -0.2) is 46.8 Å². The molecule has 1 saturated heterocycles. The van der Waals surface area contributed by atoms with E-state index >= 15 is 0 Å². The lowest BCUT2D eigenvalue weighted by atomic mass is 10.1. The van der Waals surface area contributed by atoms with Crippen LogP contribution in [0.15, 0.2) is 18.2 Å². The number of carboxylic acids is 1. The molecule has 1 aliphatic heterocycles. The first kappa shape index (κ1) is 15.3. The third-order valence-corrected chi connectivity index (χ3v) is 3.85. The Hall–Kier alpha value is -2.08. The SMILES string of the molecule is Cc1cccc(C(=O)O)c1NC(=O)N1CCC(CCO)C1. The summed E-state index contributed by atoms with van der Waals surface area (Å²) in [7, 11) is 0. The number of nitrogens with zero attached hydrogens (tertiary/aromatic N) is 1. The van der Waals surface area contributed by atoms with Crippen LogP contribution in [0.25, 0.3) is 0 Å². The minimum Gasteiger partial charge on any atom is -0.478 e. The summed E-state index contributed by atoms with van der Waals surface area (Å²) in [5.74, 6) is -0.745. The summed E-state index contributed by atoms with van der Waals surface area (Å²) in [5.41, 5.74) is 1.16. The van der Waals surface area contributed by atoms with Crippen LogP contribution >= 0.6 is 0 Å². The largest absolute Gasteiger partial charge is 0.478 e. The predicted octanol–water partition coefficient (Wildman–Crippen LogP) is 1.93. The van der Waals surface area contributed by atoms with E-state index in [-0.39, 0.29) is 18.2 Å². The Labute approximate surface area is 123 Å². The highest BCUT2D eigenvalue weighted by molar-refractivity contribution is 6.01. The van der Waals surface area contributed by atoms with Gasteiger partial charge in [-0.15, -0.1) is 0 Å². The highest BCUT2D eigenvalue weighted by Crippen LogP contribution is 2.24. The van der Waals surface area contributed by atoms with E-state index in [0.29, 0.717) is 36.7 Å². The number of benzene rings is 1. The number of nitrogens with one attached hydrogen (secondary N) is 1. The van der Waals surface area contributed by atoms with Gasteiger partial charge in [0.2, 0.25) is 0 Å². The van der Waals surface area contributed by atoms with Gasteiger partial charge in [-0.25, -0.2) is 9.59 Å². The van der Waals surface area contributed by atoms with Crippen LogP contribution in [0.1, 0.15) is 28.8 Å². The topological polar surface area (TPSA) is 89.9 Å². The average molecular weight is 292 g/mol. The molecule has 0 aliphatic carbocycles. The fourth-order valence-electron chi connectivity index (χ4n) is 2.63. The smallest absolute Gasteiger partial charge is 0.337 e. The summed E-state index contributed by atoms with van der Waals surface area (Å²) in [4.78, 5) is 25.1. The molecule has 1 aromatic rings. The predicted molar refractivity (Wildman–Crippen MR) is 78.5 cm³/mol. The molecule has 6 heteroatoms. The number of hydrogen-bond acceptors (Lipinski definition) is 3. The molecule has 1 fully saturated rings. The van der Waals surface area contributed by atoms with Crippen molar-refractivity contribution in [1.29, 1.82) is 0 Å². The number of urea groups is 1. The highest BCUT2D eigenvalue weighted by atomic mass is 16.4. The van der Waals surface area contributed by atoms with Crippen molar-refractivity contribution in [2.75, 3.05) is 25.0 Å². The highest BCUT2D eigenvalue weighted by Gasteiger charge is 2.26. The standard InChI is InChI=1S/C15H20N2O4/c1-10-3-2-4-12(14(19)20)13(10)16-15(21)17-7-5-11(9-17)6-8-18/h2-4,11,18H,5-9H2,1H3,(H,16,21)(H,19,20). The van der Waals surface area contributed by atoms with Gasteiger partial charge in [0.1, 0.15) is 0 Å².